The number of carbonyl (C=O) groups excluding carboxylic acids is 2. The minimum Gasteiger partial charge on any atom is -0.321 e. The Labute approximate surface area is 226 Å². The van der Waals surface area contributed by atoms with Gasteiger partial charge in [0.05, 0.1) is 17.5 Å². The van der Waals surface area contributed by atoms with E-state index in [-0.39, 0.29) is 17.3 Å². The molecule has 0 unspecified atom stereocenters. The summed E-state index contributed by atoms with van der Waals surface area (Å²) in [6.45, 7) is 7.43. The van der Waals surface area contributed by atoms with Gasteiger partial charge in [-0.1, -0.05) is 49.7 Å². The summed E-state index contributed by atoms with van der Waals surface area (Å²) in [7, 11) is 0. The first-order valence-electron chi connectivity index (χ1n) is 12.0. The van der Waals surface area contributed by atoms with Gasteiger partial charge in [0.25, 0.3) is 11.8 Å². The zero-order valence-corrected chi connectivity index (χ0v) is 22.4. The first-order valence-corrected chi connectivity index (χ1v) is 13.5. The molecule has 0 saturated carbocycles. The molecule has 0 radical (unpaired) electrons. The lowest BCUT2D eigenvalue weighted by Crippen LogP contribution is -2.25. The first-order chi connectivity index (χ1) is 17.9. The van der Waals surface area contributed by atoms with Gasteiger partial charge in [0.2, 0.25) is 0 Å². The fraction of sp³-hybridized carbons (Fsp3) is 0.250. The number of nitrogens with zero attached hydrogens (tertiary/aromatic N) is 2. The van der Waals surface area contributed by atoms with Crippen LogP contribution in [0.5, 0.6) is 0 Å². The van der Waals surface area contributed by atoms with Crippen LogP contribution in [0.3, 0.4) is 0 Å². The van der Waals surface area contributed by atoms with Crippen LogP contribution < -0.4 is 10.7 Å². The van der Waals surface area contributed by atoms with Gasteiger partial charge in [-0.15, -0.1) is 0 Å². The second-order valence-corrected chi connectivity index (χ2v) is 9.72. The Morgan fingerprint density at radius 2 is 1.78 bits per heavy atom. The third-order valence-corrected chi connectivity index (χ3v) is 6.87. The van der Waals surface area contributed by atoms with Crippen molar-refractivity contribution in [3.8, 4) is 0 Å². The van der Waals surface area contributed by atoms with Crippen LogP contribution in [-0.4, -0.2) is 48.3 Å². The minimum atomic E-state index is -0.547. The zero-order valence-electron chi connectivity index (χ0n) is 20.8. The van der Waals surface area contributed by atoms with E-state index in [0.29, 0.717) is 21.8 Å². The number of hydrogen-bond donors (Lipinski definition) is 2. The van der Waals surface area contributed by atoms with Crippen LogP contribution in [0.1, 0.15) is 45.7 Å². The van der Waals surface area contributed by atoms with Crippen molar-refractivity contribution in [3.63, 3.8) is 0 Å². The van der Waals surface area contributed by atoms with E-state index in [0.717, 1.165) is 36.7 Å². The Morgan fingerprint density at radius 3 is 2.51 bits per heavy atom. The molecule has 0 heterocycles. The van der Waals surface area contributed by atoms with E-state index in [2.05, 4.69) is 34.6 Å². The molecular formula is C28H30ClFN4O2S. The van der Waals surface area contributed by atoms with Crippen molar-refractivity contribution < 1.29 is 14.0 Å². The molecule has 0 bridgehead atoms. The number of hydrazone groups is 1. The molecule has 0 aliphatic carbocycles. The standard InChI is InChI=1S/C28H30ClFN4O2S/c1-3-34(4-2)14-15-37-19-21-6-5-7-22(16-21)27(35)32-26-13-10-23(29)17-25(26)28(36)33-31-18-20-8-11-24(30)12-9-20/h5-13,16-18H,3-4,14-15,19H2,1-2H3,(H,32,35)(H,33,36). The molecule has 3 aromatic rings. The summed E-state index contributed by atoms with van der Waals surface area (Å²) in [5, 5.41) is 7.07. The molecule has 0 fully saturated rings. The Kier molecular flexibility index (Phi) is 11.1. The number of halogens is 2. The highest BCUT2D eigenvalue weighted by atomic mass is 35.5. The summed E-state index contributed by atoms with van der Waals surface area (Å²) in [5.41, 5.74) is 5.06. The van der Waals surface area contributed by atoms with E-state index in [9.17, 15) is 14.0 Å². The molecule has 0 spiro atoms. The molecule has 2 amide bonds. The lowest BCUT2D eigenvalue weighted by molar-refractivity contribution is 0.0956. The van der Waals surface area contributed by atoms with E-state index in [1.807, 2.05) is 30.0 Å². The van der Waals surface area contributed by atoms with Crippen LogP contribution in [0.15, 0.2) is 71.8 Å². The molecule has 6 nitrogen and oxygen atoms in total. The Hall–Kier alpha value is -3.20. The van der Waals surface area contributed by atoms with Crippen LogP contribution in [0.2, 0.25) is 5.02 Å². The quantitative estimate of drug-likeness (QED) is 0.166. The van der Waals surface area contributed by atoms with Gasteiger partial charge in [0, 0.05) is 28.6 Å². The number of carbonyl (C=O) groups is 2. The summed E-state index contributed by atoms with van der Waals surface area (Å²) in [5.74, 6) is 0.587. The summed E-state index contributed by atoms with van der Waals surface area (Å²) in [6.07, 6.45) is 1.39. The van der Waals surface area contributed by atoms with Gasteiger partial charge in [-0.2, -0.15) is 16.9 Å². The number of nitrogens with one attached hydrogen (secondary N) is 2. The first kappa shape index (κ1) is 28.4. The van der Waals surface area contributed by atoms with Gasteiger partial charge in [-0.3, -0.25) is 9.59 Å². The third kappa shape index (κ3) is 9.00. The largest absolute Gasteiger partial charge is 0.321 e. The van der Waals surface area contributed by atoms with Crippen molar-refractivity contribution in [2.24, 2.45) is 5.10 Å². The molecule has 3 rings (SSSR count). The molecule has 3 aromatic carbocycles. The summed E-state index contributed by atoms with van der Waals surface area (Å²) >= 11 is 7.94. The van der Waals surface area contributed by atoms with Crippen molar-refractivity contribution in [3.05, 3.63) is 99.8 Å². The van der Waals surface area contributed by atoms with Crippen molar-refractivity contribution in [2.45, 2.75) is 19.6 Å². The number of benzene rings is 3. The Balaban J connectivity index is 1.63. The molecule has 37 heavy (non-hydrogen) atoms. The molecule has 0 atom stereocenters. The van der Waals surface area contributed by atoms with E-state index in [1.54, 1.807) is 18.2 Å². The van der Waals surface area contributed by atoms with Gasteiger partial charge in [-0.25, -0.2) is 9.82 Å². The highest BCUT2D eigenvalue weighted by Crippen LogP contribution is 2.22. The van der Waals surface area contributed by atoms with Gasteiger partial charge in [0.1, 0.15) is 5.82 Å². The maximum Gasteiger partial charge on any atom is 0.273 e. The molecule has 194 valence electrons. The number of amides is 2. The molecular weight excluding hydrogens is 511 g/mol. The summed E-state index contributed by atoms with van der Waals surface area (Å²) in [6, 6.07) is 17.8. The lowest BCUT2D eigenvalue weighted by atomic mass is 10.1. The highest BCUT2D eigenvalue weighted by Gasteiger charge is 2.15. The van der Waals surface area contributed by atoms with Crippen molar-refractivity contribution >= 4 is 47.1 Å². The van der Waals surface area contributed by atoms with Crippen LogP contribution in [0.25, 0.3) is 0 Å². The number of hydrogen-bond acceptors (Lipinski definition) is 5. The number of rotatable bonds is 12. The predicted octanol–water partition coefficient (Wildman–Crippen LogP) is 6.07. The van der Waals surface area contributed by atoms with Crippen LogP contribution in [-0.2, 0) is 5.75 Å². The summed E-state index contributed by atoms with van der Waals surface area (Å²) < 4.78 is 13.0. The molecule has 0 aromatic heterocycles. The Morgan fingerprint density at radius 1 is 1.03 bits per heavy atom. The van der Waals surface area contributed by atoms with Crippen LogP contribution in [0.4, 0.5) is 10.1 Å². The van der Waals surface area contributed by atoms with Crippen LogP contribution >= 0.6 is 23.4 Å². The number of anilines is 1. The second kappa shape index (κ2) is 14.5. The van der Waals surface area contributed by atoms with Gasteiger partial charge in [0.15, 0.2) is 0 Å². The van der Waals surface area contributed by atoms with E-state index in [1.165, 1.54) is 36.5 Å². The second-order valence-electron chi connectivity index (χ2n) is 8.17. The molecule has 0 aliphatic heterocycles. The van der Waals surface area contributed by atoms with E-state index in [4.69, 9.17) is 11.6 Å². The molecule has 2 N–H and O–H groups in total. The number of thioether (sulfide) groups is 1. The van der Waals surface area contributed by atoms with Crippen molar-refractivity contribution in [2.75, 3.05) is 30.7 Å². The highest BCUT2D eigenvalue weighted by molar-refractivity contribution is 7.98. The van der Waals surface area contributed by atoms with Crippen molar-refractivity contribution in [1.82, 2.24) is 10.3 Å². The maximum absolute atomic E-state index is 13.0. The predicted molar refractivity (Wildman–Crippen MR) is 151 cm³/mol. The molecule has 9 heteroatoms. The van der Waals surface area contributed by atoms with Crippen LogP contribution in [0, 0.1) is 5.82 Å². The SMILES string of the molecule is CCN(CC)CCSCc1cccc(C(=O)Nc2ccc(Cl)cc2C(=O)NN=Cc2ccc(F)cc2)c1. The van der Waals surface area contributed by atoms with E-state index >= 15 is 0 Å². The van der Waals surface area contributed by atoms with Gasteiger partial charge in [-0.05, 0) is 66.7 Å². The monoisotopic (exact) mass is 540 g/mol. The molecule has 0 aliphatic rings. The third-order valence-electron chi connectivity index (χ3n) is 5.63. The fourth-order valence-electron chi connectivity index (χ4n) is 3.51. The maximum atomic E-state index is 13.0. The molecule has 0 saturated heterocycles. The zero-order chi connectivity index (χ0) is 26.6. The average molecular weight is 541 g/mol. The summed E-state index contributed by atoms with van der Waals surface area (Å²) in [4.78, 5) is 28.2. The topological polar surface area (TPSA) is 73.8 Å². The lowest BCUT2D eigenvalue weighted by Gasteiger charge is -2.17. The minimum absolute atomic E-state index is 0.167. The van der Waals surface area contributed by atoms with Gasteiger partial charge >= 0.3 is 0 Å². The smallest absolute Gasteiger partial charge is 0.273 e. The van der Waals surface area contributed by atoms with Crippen molar-refractivity contribution in [1.29, 1.82) is 0 Å². The van der Waals surface area contributed by atoms with E-state index < -0.39 is 5.91 Å². The Bertz CT molecular complexity index is 1230. The average Bonchev–Trinajstić information content (AvgIpc) is 2.91. The fourth-order valence-corrected chi connectivity index (χ4v) is 4.63. The normalized spacial score (nSPS) is 11.2. The van der Waals surface area contributed by atoms with Gasteiger partial charge < -0.3 is 10.2 Å².